The highest BCUT2D eigenvalue weighted by Gasteiger charge is 2.26. The average molecular weight is 788 g/mol. The SMILES string of the molecule is CC(C)[C@H](NC(=O)CCNC(=O)OC(C)(C)C)C(=O)OCCCOc1ccc(-c2c(C#N)c(N)nc(SCc3coc(-c4ccc(Cl)cc4)n3)c2C#N)cc1. The number of nitrogens with two attached hydrogens (primary N) is 1. The fourth-order valence-electron chi connectivity index (χ4n) is 5.00. The van der Waals surface area contributed by atoms with Crippen molar-refractivity contribution in [2.75, 3.05) is 25.5 Å². The molecule has 0 spiro atoms. The minimum atomic E-state index is -0.865. The second-order valence-corrected chi connectivity index (χ2v) is 14.9. The first kappa shape index (κ1) is 42.0. The number of oxazole rings is 1. The number of nitrogen functional groups attached to an aromatic ring is 1. The van der Waals surface area contributed by atoms with E-state index in [9.17, 15) is 24.9 Å². The number of benzene rings is 2. The molecule has 0 unspecified atom stereocenters. The summed E-state index contributed by atoms with van der Waals surface area (Å²) in [6.07, 6.45) is 1.23. The summed E-state index contributed by atoms with van der Waals surface area (Å²) >= 11 is 7.23. The third-order valence-electron chi connectivity index (χ3n) is 7.62. The van der Waals surface area contributed by atoms with Crippen LogP contribution in [0.25, 0.3) is 22.6 Å². The number of amides is 2. The van der Waals surface area contributed by atoms with E-state index >= 15 is 0 Å². The number of anilines is 1. The third-order valence-corrected chi connectivity index (χ3v) is 8.88. The van der Waals surface area contributed by atoms with E-state index in [0.717, 1.165) is 5.56 Å². The maximum absolute atomic E-state index is 12.8. The van der Waals surface area contributed by atoms with Crippen molar-refractivity contribution in [3.05, 3.63) is 76.6 Å². The Balaban J connectivity index is 1.30. The van der Waals surface area contributed by atoms with Crippen molar-refractivity contribution in [1.82, 2.24) is 20.6 Å². The van der Waals surface area contributed by atoms with Crippen molar-refractivity contribution in [3.63, 3.8) is 0 Å². The van der Waals surface area contributed by atoms with Gasteiger partial charge in [0.25, 0.3) is 0 Å². The van der Waals surface area contributed by atoms with Gasteiger partial charge in [-0.1, -0.05) is 49.3 Å². The van der Waals surface area contributed by atoms with E-state index in [-0.39, 0.29) is 49.0 Å². The zero-order chi connectivity index (χ0) is 40.1. The number of alkyl carbamates (subject to hydrolysis) is 1. The number of rotatable bonds is 16. The standard InChI is InChI=1S/C39H42ClN7O7S/c1-23(2)33(46-31(48)15-16-44-38(50)54-39(3,4)5)37(49)52-18-6-17-51-28-13-9-24(10-14-28)32-29(19-41)34(43)47-36(30(32)20-42)55-22-27-21-53-35(45-27)25-7-11-26(40)12-8-25/h7-14,21,23,33H,6,15-18,22H2,1-5H3,(H2,43,47)(H,44,50)(H,46,48)/t33-/m0/s1. The number of esters is 1. The van der Waals surface area contributed by atoms with E-state index < -0.39 is 29.6 Å². The Morgan fingerprint density at radius 1 is 0.982 bits per heavy atom. The van der Waals surface area contributed by atoms with Gasteiger partial charge < -0.3 is 35.0 Å². The van der Waals surface area contributed by atoms with Gasteiger partial charge in [0.15, 0.2) is 0 Å². The van der Waals surface area contributed by atoms with Gasteiger partial charge >= 0.3 is 12.1 Å². The summed E-state index contributed by atoms with van der Waals surface area (Å²) < 4.78 is 22.0. The summed E-state index contributed by atoms with van der Waals surface area (Å²) in [5.41, 5.74) is 8.13. The molecular weight excluding hydrogens is 746 g/mol. The number of nitrogens with one attached hydrogen (secondary N) is 2. The van der Waals surface area contributed by atoms with Crippen molar-refractivity contribution < 1.29 is 33.0 Å². The van der Waals surface area contributed by atoms with E-state index in [1.165, 1.54) is 18.0 Å². The number of pyridine rings is 1. The highest BCUT2D eigenvalue weighted by Crippen LogP contribution is 2.37. The average Bonchev–Trinajstić information content (AvgIpc) is 3.61. The number of nitrogens with zero attached hydrogens (tertiary/aromatic N) is 4. The summed E-state index contributed by atoms with van der Waals surface area (Å²) in [6, 6.07) is 17.3. The van der Waals surface area contributed by atoms with Gasteiger partial charge in [-0.15, -0.1) is 0 Å². The van der Waals surface area contributed by atoms with Crippen LogP contribution in [-0.4, -0.2) is 59.3 Å². The molecule has 16 heteroatoms. The molecule has 4 aromatic rings. The largest absolute Gasteiger partial charge is 0.493 e. The van der Waals surface area contributed by atoms with Gasteiger partial charge in [-0.25, -0.2) is 19.6 Å². The minimum Gasteiger partial charge on any atom is -0.493 e. The van der Waals surface area contributed by atoms with E-state index in [1.807, 2.05) is 0 Å². The van der Waals surface area contributed by atoms with E-state index in [0.29, 0.717) is 50.7 Å². The molecule has 0 aliphatic carbocycles. The molecule has 1 atom stereocenters. The first-order valence-corrected chi connectivity index (χ1v) is 18.7. The molecular formula is C39H42ClN7O7S. The van der Waals surface area contributed by atoms with Gasteiger partial charge in [-0.05, 0) is 68.7 Å². The van der Waals surface area contributed by atoms with Crippen LogP contribution >= 0.6 is 23.4 Å². The van der Waals surface area contributed by atoms with Crippen LogP contribution in [-0.2, 0) is 24.8 Å². The fraction of sp³-hybridized carbons (Fsp3) is 0.359. The molecule has 14 nitrogen and oxygen atoms in total. The molecule has 288 valence electrons. The lowest BCUT2D eigenvalue weighted by Gasteiger charge is -2.21. The Morgan fingerprint density at radius 3 is 2.29 bits per heavy atom. The van der Waals surface area contributed by atoms with Crippen molar-refractivity contribution in [2.45, 2.75) is 69.9 Å². The summed E-state index contributed by atoms with van der Waals surface area (Å²) in [5.74, 6) is 0.0289. The van der Waals surface area contributed by atoms with Crippen LogP contribution in [0.3, 0.4) is 0 Å². The fourth-order valence-corrected chi connectivity index (χ4v) is 5.99. The second-order valence-electron chi connectivity index (χ2n) is 13.5. The van der Waals surface area contributed by atoms with Crippen molar-refractivity contribution in [3.8, 4) is 40.5 Å². The molecule has 55 heavy (non-hydrogen) atoms. The quantitative estimate of drug-likeness (QED) is 0.0591. The van der Waals surface area contributed by atoms with Crippen LogP contribution in [0.5, 0.6) is 5.75 Å². The first-order valence-electron chi connectivity index (χ1n) is 17.3. The number of halogens is 1. The number of aromatic nitrogens is 2. The smallest absolute Gasteiger partial charge is 0.407 e. The number of ether oxygens (including phenoxy) is 3. The molecule has 4 N–H and O–H groups in total. The Kier molecular flexibility index (Phi) is 14.9. The number of carbonyl (C=O) groups is 3. The maximum Gasteiger partial charge on any atom is 0.407 e. The monoisotopic (exact) mass is 787 g/mol. The maximum atomic E-state index is 12.8. The molecule has 0 aliphatic heterocycles. The first-order chi connectivity index (χ1) is 26.2. The van der Waals surface area contributed by atoms with Gasteiger partial charge in [0.1, 0.15) is 52.2 Å². The molecule has 0 bridgehead atoms. The lowest BCUT2D eigenvalue weighted by atomic mass is 9.97. The van der Waals surface area contributed by atoms with E-state index in [4.69, 9.17) is 36.0 Å². The lowest BCUT2D eigenvalue weighted by molar-refractivity contribution is -0.149. The van der Waals surface area contributed by atoms with Crippen LogP contribution < -0.4 is 21.1 Å². The Morgan fingerprint density at radius 2 is 1.65 bits per heavy atom. The van der Waals surface area contributed by atoms with Gasteiger partial charge in [0, 0.05) is 41.3 Å². The number of carbonyl (C=O) groups excluding carboxylic acids is 3. The highest BCUT2D eigenvalue weighted by atomic mass is 35.5. The molecule has 2 heterocycles. The lowest BCUT2D eigenvalue weighted by Crippen LogP contribution is -2.46. The van der Waals surface area contributed by atoms with E-state index in [1.54, 1.807) is 83.1 Å². The molecule has 2 amide bonds. The van der Waals surface area contributed by atoms with Gasteiger partial charge in [0.2, 0.25) is 11.8 Å². The number of hydrogen-bond donors (Lipinski definition) is 3. The molecule has 0 radical (unpaired) electrons. The van der Waals surface area contributed by atoms with Crippen LogP contribution in [0.15, 0.2) is 64.2 Å². The Bertz CT molecular complexity index is 2050. The topological polar surface area (TPSA) is 215 Å². The molecule has 0 saturated heterocycles. The molecule has 2 aromatic heterocycles. The van der Waals surface area contributed by atoms with Crippen LogP contribution in [0.4, 0.5) is 10.6 Å². The molecule has 0 fully saturated rings. The van der Waals surface area contributed by atoms with Gasteiger partial charge in [0.05, 0.1) is 24.5 Å². The third kappa shape index (κ3) is 12.4. The number of nitriles is 2. The van der Waals surface area contributed by atoms with E-state index in [2.05, 4.69) is 32.7 Å². The van der Waals surface area contributed by atoms with Gasteiger partial charge in [-0.3, -0.25) is 4.79 Å². The number of thioether (sulfide) groups is 1. The van der Waals surface area contributed by atoms with Gasteiger partial charge in [-0.2, -0.15) is 10.5 Å². The van der Waals surface area contributed by atoms with Crippen LogP contribution in [0.1, 0.15) is 64.3 Å². The van der Waals surface area contributed by atoms with Crippen LogP contribution in [0.2, 0.25) is 5.02 Å². The zero-order valence-corrected chi connectivity index (χ0v) is 32.7. The Labute approximate surface area is 328 Å². The summed E-state index contributed by atoms with van der Waals surface area (Å²) in [7, 11) is 0. The molecule has 2 aromatic carbocycles. The molecule has 4 rings (SSSR count). The van der Waals surface area contributed by atoms with Crippen molar-refractivity contribution in [1.29, 1.82) is 10.5 Å². The summed E-state index contributed by atoms with van der Waals surface area (Å²) in [6.45, 7) is 9.11. The predicted octanol–water partition coefficient (Wildman–Crippen LogP) is 7.04. The van der Waals surface area contributed by atoms with Crippen LogP contribution in [0, 0.1) is 28.6 Å². The number of hydrogen-bond acceptors (Lipinski definition) is 13. The molecule has 0 saturated carbocycles. The Hall–Kier alpha value is -5.77. The van der Waals surface area contributed by atoms with Crippen molar-refractivity contribution in [2.24, 2.45) is 5.92 Å². The predicted molar refractivity (Wildman–Crippen MR) is 207 cm³/mol. The highest BCUT2D eigenvalue weighted by molar-refractivity contribution is 7.98. The summed E-state index contributed by atoms with van der Waals surface area (Å²) in [4.78, 5) is 45.9. The van der Waals surface area contributed by atoms with Crippen molar-refractivity contribution >= 4 is 47.2 Å². The molecule has 0 aliphatic rings. The summed E-state index contributed by atoms with van der Waals surface area (Å²) in [5, 5.41) is 26.3. The zero-order valence-electron chi connectivity index (χ0n) is 31.1. The second kappa shape index (κ2) is 19.5. The normalized spacial score (nSPS) is 11.6. The minimum absolute atomic E-state index is 0.00893.